The number of rotatable bonds is 6. The number of amides is 2. The summed E-state index contributed by atoms with van der Waals surface area (Å²) >= 11 is 6.05. The molecule has 35 heavy (non-hydrogen) atoms. The van der Waals surface area contributed by atoms with Gasteiger partial charge in [0.2, 0.25) is 0 Å². The third-order valence-corrected chi connectivity index (χ3v) is 5.55. The summed E-state index contributed by atoms with van der Waals surface area (Å²) in [6.45, 7) is 4.23. The summed E-state index contributed by atoms with van der Waals surface area (Å²) in [5, 5.41) is 11.3. The Morgan fingerprint density at radius 1 is 0.914 bits per heavy atom. The number of nitrogens with one attached hydrogen (secondary N) is 3. The van der Waals surface area contributed by atoms with Crippen LogP contribution in [0.25, 0.3) is 10.9 Å². The molecule has 8 heteroatoms. The fourth-order valence-electron chi connectivity index (χ4n) is 3.39. The van der Waals surface area contributed by atoms with E-state index in [0.29, 0.717) is 16.6 Å². The Labute approximate surface area is 208 Å². The lowest BCUT2D eigenvalue weighted by Gasteiger charge is -2.11. The van der Waals surface area contributed by atoms with E-state index >= 15 is 0 Å². The molecule has 1 heterocycles. The predicted octanol–water partition coefficient (Wildman–Crippen LogP) is 5.84. The molecule has 0 aliphatic heterocycles. The molecule has 0 bridgehead atoms. The van der Waals surface area contributed by atoms with Gasteiger partial charge in [0.15, 0.2) is 0 Å². The van der Waals surface area contributed by atoms with E-state index in [4.69, 9.17) is 11.6 Å². The lowest BCUT2D eigenvalue weighted by atomic mass is 10.0. The fourth-order valence-corrected chi connectivity index (χ4v) is 3.56. The van der Waals surface area contributed by atoms with Crippen molar-refractivity contribution in [1.82, 2.24) is 10.4 Å². The molecule has 176 valence electrons. The van der Waals surface area contributed by atoms with Gasteiger partial charge in [0.1, 0.15) is 0 Å². The molecule has 0 aliphatic rings. The number of aromatic nitrogens is 1. The highest BCUT2D eigenvalue weighted by atomic mass is 35.5. The molecule has 0 saturated carbocycles. The minimum Gasteiger partial charge on any atom is -0.355 e. The van der Waals surface area contributed by atoms with Gasteiger partial charge in [0, 0.05) is 33.7 Å². The number of hydrazone groups is 1. The number of hydrogen-bond acceptors (Lipinski definition) is 5. The van der Waals surface area contributed by atoms with Crippen molar-refractivity contribution in [3.63, 3.8) is 0 Å². The summed E-state index contributed by atoms with van der Waals surface area (Å²) in [6, 6.07) is 22.2. The number of fused-ring (bicyclic) bond motifs is 1. The smallest absolute Gasteiger partial charge is 0.329 e. The van der Waals surface area contributed by atoms with Gasteiger partial charge < -0.3 is 10.6 Å². The molecule has 4 aromatic rings. The summed E-state index contributed by atoms with van der Waals surface area (Å²) in [7, 11) is 0. The van der Waals surface area contributed by atoms with Gasteiger partial charge in [0.25, 0.3) is 0 Å². The van der Waals surface area contributed by atoms with E-state index < -0.39 is 11.8 Å². The highest BCUT2D eigenvalue weighted by molar-refractivity contribution is 6.39. The molecule has 0 aliphatic carbocycles. The molecule has 0 spiro atoms. The quantitative estimate of drug-likeness (QED) is 0.181. The zero-order valence-corrected chi connectivity index (χ0v) is 20.0. The molecule has 3 N–H and O–H groups in total. The van der Waals surface area contributed by atoms with Crippen LogP contribution in [0.5, 0.6) is 0 Å². The third-order valence-electron chi connectivity index (χ3n) is 5.32. The minimum atomic E-state index is -0.857. The number of pyridine rings is 1. The van der Waals surface area contributed by atoms with Crippen LogP contribution in [0.15, 0.2) is 84.1 Å². The standard InChI is InChI=1S/C27H24ClN5O2/c1-17(2)19-5-3-18(4-6-19)16-30-33-27(35)26(34)32-22-10-8-21(9-11-22)31-24-13-14-29-25-15-20(28)7-12-23(24)25/h3-17H,1-2H3,(H,29,31)(H,32,34)(H,33,35)/b30-16+. The van der Waals surface area contributed by atoms with Gasteiger partial charge in [-0.25, -0.2) is 5.43 Å². The van der Waals surface area contributed by atoms with Crippen LogP contribution < -0.4 is 16.1 Å². The summed E-state index contributed by atoms with van der Waals surface area (Å²) in [4.78, 5) is 28.6. The first kappa shape index (κ1) is 23.9. The minimum absolute atomic E-state index is 0.435. The second-order valence-corrected chi connectivity index (χ2v) is 8.63. The number of carbonyl (C=O) groups is 2. The monoisotopic (exact) mass is 485 g/mol. The average molecular weight is 486 g/mol. The molecule has 7 nitrogen and oxygen atoms in total. The van der Waals surface area contributed by atoms with Crippen LogP contribution in [0.4, 0.5) is 17.1 Å². The van der Waals surface area contributed by atoms with E-state index in [1.165, 1.54) is 11.8 Å². The lowest BCUT2D eigenvalue weighted by Crippen LogP contribution is -2.32. The molecule has 0 radical (unpaired) electrons. The molecule has 4 rings (SSSR count). The summed E-state index contributed by atoms with van der Waals surface area (Å²) in [6.07, 6.45) is 3.20. The number of benzene rings is 3. The first-order valence-electron chi connectivity index (χ1n) is 11.0. The van der Waals surface area contributed by atoms with Crippen molar-refractivity contribution in [1.29, 1.82) is 0 Å². The van der Waals surface area contributed by atoms with Crippen molar-refractivity contribution in [3.05, 3.63) is 95.1 Å². The van der Waals surface area contributed by atoms with Gasteiger partial charge in [-0.2, -0.15) is 5.10 Å². The highest BCUT2D eigenvalue weighted by Gasteiger charge is 2.13. The van der Waals surface area contributed by atoms with Crippen LogP contribution in [0.1, 0.15) is 30.9 Å². The molecule has 0 atom stereocenters. The van der Waals surface area contributed by atoms with E-state index in [1.54, 1.807) is 36.5 Å². The van der Waals surface area contributed by atoms with Crippen LogP contribution in [0, 0.1) is 0 Å². The Balaban J connectivity index is 1.32. The molecule has 0 fully saturated rings. The molecule has 0 unspecified atom stereocenters. The second kappa shape index (κ2) is 10.8. The van der Waals surface area contributed by atoms with Gasteiger partial charge in [-0.15, -0.1) is 0 Å². The fraction of sp³-hybridized carbons (Fsp3) is 0.111. The topological polar surface area (TPSA) is 95.5 Å². The normalized spacial score (nSPS) is 11.1. The van der Waals surface area contributed by atoms with Gasteiger partial charge >= 0.3 is 11.8 Å². The van der Waals surface area contributed by atoms with Crippen LogP contribution in [0.3, 0.4) is 0 Å². The zero-order chi connectivity index (χ0) is 24.8. The largest absolute Gasteiger partial charge is 0.355 e. The maximum absolute atomic E-state index is 12.2. The molecular weight excluding hydrogens is 462 g/mol. The Bertz CT molecular complexity index is 1380. The van der Waals surface area contributed by atoms with Crippen molar-refractivity contribution in [2.45, 2.75) is 19.8 Å². The molecule has 3 aromatic carbocycles. The molecule has 0 saturated heterocycles. The Kier molecular flexibility index (Phi) is 7.38. The van der Waals surface area contributed by atoms with E-state index in [2.05, 4.69) is 40.0 Å². The van der Waals surface area contributed by atoms with E-state index in [9.17, 15) is 9.59 Å². The highest BCUT2D eigenvalue weighted by Crippen LogP contribution is 2.27. The van der Waals surface area contributed by atoms with Crippen molar-refractivity contribution < 1.29 is 9.59 Å². The number of carbonyl (C=O) groups excluding carboxylic acids is 2. The average Bonchev–Trinajstić information content (AvgIpc) is 2.85. The first-order valence-corrected chi connectivity index (χ1v) is 11.4. The first-order chi connectivity index (χ1) is 16.9. The molecule has 1 aromatic heterocycles. The van der Waals surface area contributed by atoms with E-state index in [-0.39, 0.29) is 0 Å². The Hall–Kier alpha value is -4.23. The van der Waals surface area contributed by atoms with Crippen LogP contribution >= 0.6 is 11.6 Å². The van der Waals surface area contributed by atoms with Crippen LogP contribution in [-0.2, 0) is 9.59 Å². The van der Waals surface area contributed by atoms with Crippen LogP contribution in [-0.4, -0.2) is 23.0 Å². The van der Waals surface area contributed by atoms with Gasteiger partial charge in [-0.1, -0.05) is 49.7 Å². The predicted molar refractivity (Wildman–Crippen MR) is 141 cm³/mol. The Morgan fingerprint density at radius 2 is 1.63 bits per heavy atom. The van der Waals surface area contributed by atoms with E-state index in [0.717, 1.165) is 27.8 Å². The number of nitrogens with zero attached hydrogens (tertiary/aromatic N) is 2. The lowest BCUT2D eigenvalue weighted by molar-refractivity contribution is -0.136. The maximum atomic E-state index is 12.2. The summed E-state index contributed by atoms with van der Waals surface area (Å²) in [5.74, 6) is -1.23. The third kappa shape index (κ3) is 6.22. The van der Waals surface area contributed by atoms with Crippen molar-refractivity contribution in [3.8, 4) is 0 Å². The van der Waals surface area contributed by atoms with Gasteiger partial charge in [-0.3, -0.25) is 14.6 Å². The zero-order valence-electron chi connectivity index (χ0n) is 19.2. The van der Waals surface area contributed by atoms with Crippen LogP contribution in [0.2, 0.25) is 5.02 Å². The number of halogens is 1. The van der Waals surface area contributed by atoms with Crippen molar-refractivity contribution in [2.75, 3.05) is 10.6 Å². The number of hydrogen-bond donors (Lipinski definition) is 3. The van der Waals surface area contributed by atoms with E-state index in [1.807, 2.05) is 42.5 Å². The second-order valence-electron chi connectivity index (χ2n) is 8.20. The molecule has 2 amide bonds. The summed E-state index contributed by atoms with van der Waals surface area (Å²) < 4.78 is 0. The SMILES string of the molecule is CC(C)c1ccc(/C=N/NC(=O)C(=O)Nc2ccc(Nc3ccnc4cc(Cl)ccc34)cc2)cc1. The van der Waals surface area contributed by atoms with Crippen molar-refractivity contribution >= 4 is 57.6 Å². The van der Waals surface area contributed by atoms with Gasteiger partial charge in [-0.05, 0) is 65.6 Å². The Morgan fingerprint density at radius 3 is 2.34 bits per heavy atom. The maximum Gasteiger partial charge on any atom is 0.329 e. The molecular formula is C27H24ClN5O2. The summed E-state index contributed by atoms with van der Waals surface area (Å²) in [5.41, 5.74) is 7.23. The van der Waals surface area contributed by atoms with Gasteiger partial charge in [0.05, 0.1) is 11.7 Å². The number of anilines is 3. The van der Waals surface area contributed by atoms with Crippen molar-refractivity contribution in [2.24, 2.45) is 5.10 Å².